The van der Waals surface area contributed by atoms with E-state index < -0.39 is 7.56 Å². The molecule has 2 N–H and O–H groups in total. The van der Waals surface area contributed by atoms with Crippen molar-refractivity contribution in [3.8, 4) is 0 Å². The number of rotatable bonds is 1. The van der Waals surface area contributed by atoms with Gasteiger partial charge in [-0.3, -0.25) is 0 Å². The summed E-state index contributed by atoms with van der Waals surface area (Å²) in [5.74, 6) is 0. The van der Waals surface area contributed by atoms with Crippen LogP contribution in [0.4, 0.5) is 0 Å². The molecule has 0 aliphatic heterocycles. The van der Waals surface area contributed by atoms with Crippen LogP contribution in [0.15, 0.2) is 0 Å². The van der Waals surface area contributed by atoms with Crippen molar-refractivity contribution in [2.75, 3.05) is 27.4 Å². The molecular weight excluding hydrogens is 107 g/mol. The largest absolute Gasteiger partial charge is 0.189 e. The second-order valence-corrected chi connectivity index (χ2v) is 6.08. The van der Waals surface area contributed by atoms with Gasteiger partial charge < -0.3 is 0 Å². The zero-order valence-electron chi connectivity index (χ0n) is 5.47. The second kappa shape index (κ2) is 2.08. The third-order valence-corrected chi connectivity index (χ3v) is 3.09. The number of nitrogens with zero attached hydrogens (tertiary/aromatic N) is 1. The van der Waals surface area contributed by atoms with Gasteiger partial charge in [-0.15, -0.1) is 0 Å². The highest BCUT2D eigenvalue weighted by Gasteiger charge is 2.20. The van der Waals surface area contributed by atoms with Crippen molar-refractivity contribution in [1.29, 1.82) is 0 Å². The Balaban J connectivity index is 3.54. The van der Waals surface area contributed by atoms with Gasteiger partial charge in [-0.25, -0.2) is 0 Å². The van der Waals surface area contributed by atoms with Crippen molar-refractivity contribution in [3.63, 3.8) is 0 Å². The molecule has 0 aliphatic carbocycles. The van der Waals surface area contributed by atoms with Gasteiger partial charge in [0.05, 0.1) is 13.3 Å². The predicted molar refractivity (Wildman–Crippen MR) is 36.6 cm³/mol. The molecule has 0 radical (unpaired) electrons. The Morgan fingerprint density at radius 3 is 1.43 bits per heavy atom. The summed E-state index contributed by atoms with van der Waals surface area (Å²) in [6.07, 6.45) is 0. The first-order valence-electron chi connectivity index (χ1n) is 2.25. The maximum atomic E-state index is 5.72. The quantitative estimate of drug-likeness (QED) is 0.515. The molecule has 44 valence electrons. The normalized spacial score (nSPS) is 12.9. The standard InChI is InChI=1S/C4H14N2P/c1-6(2)7(3,4)5/h5H2,1-4H3/q+1. The van der Waals surface area contributed by atoms with Gasteiger partial charge in [-0.05, 0) is 0 Å². The maximum Gasteiger partial charge on any atom is 0.140 e. The molecule has 3 heteroatoms. The van der Waals surface area contributed by atoms with Gasteiger partial charge >= 0.3 is 0 Å². The molecule has 0 amide bonds. The fourth-order valence-corrected chi connectivity index (χ4v) is 0. The lowest BCUT2D eigenvalue weighted by atomic mass is 11.3. The molecule has 0 aromatic heterocycles. The molecule has 0 aliphatic rings. The van der Waals surface area contributed by atoms with E-state index in [1.807, 2.05) is 14.1 Å². The summed E-state index contributed by atoms with van der Waals surface area (Å²) in [4.78, 5) is 0. The number of hydrogen-bond donors (Lipinski definition) is 1. The van der Waals surface area contributed by atoms with Crippen LogP contribution >= 0.6 is 7.56 Å². The van der Waals surface area contributed by atoms with E-state index in [0.717, 1.165) is 0 Å². The lowest BCUT2D eigenvalue weighted by Crippen LogP contribution is -2.18. The third kappa shape index (κ3) is 2.98. The Morgan fingerprint density at radius 2 is 1.43 bits per heavy atom. The number of hydrogen-bond acceptors (Lipinski definition) is 2. The van der Waals surface area contributed by atoms with E-state index >= 15 is 0 Å². The van der Waals surface area contributed by atoms with Gasteiger partial charge in [0.15, 0.2) is 0 Å². The van der Waals surface area contributed by atoms with E-state index in [9.17, 15) is 0 Å². The lowest BCUT2D eigenvalue weighted by Gasteiger charge is -2.17. The molecule has 0 atom stereocenters. The molecule has 0 saturated carbocycles. The topological polar surface area (TPSA) is 29.3 Å². The first-order valence-corrected chi connectivity index (χ1v) is 4.95. The van der Waals surface area contributed by atoms with Crippen LogP contribution in [0.3, 0.4) is 0 Å². The van der Waals surface area contributed by atoms with Crippen LogP contribution in [-0.4, -0.2) is 32.1 Å². The molecule has 7 heavy (non-hydrogen) atoms. The van der Waals surface area contributed by atoms with Gasteiger partial charge in [0.2, 0.25) is 0 Å². The van der Waals surface area contributed by atoms with Crippen LogP contribution in [0, 0.1) is 0 Å². The highest BCUT2D eigenvalue weighted by Crippen LogP contribution is 2.42. The van der Waals surface area contributed by atoms with Crippen LogP contribution in [0.2, 0.25) is 0 Å². The van der Waals surface area contributed by atoms with Crippen LogP contribution in [0.25, 0.3) is 0 Å². The minimum Gasteiger partial charge on any atom is -0.189 e. The molecule has 2 nitrogen and oxygen atoms in total. The minimum absolute atomic E-state index is 1.15. The van der Waals surface area contributed by atoms with Crippen LogP contribution < -0.4 is 5.50 Å². The fourth-order valence-electron chi connectivity index (χ4n) is 0. The van der Waals surface area contributed by atoms with E-state index in [1.165, 1.54) is 0 Å². The molecule has 0 unspecified atom stereocenters. The molecule has 0 saturated heterocycles. The first-order chi connectivity index (χ1) is 2.94. The van der Waals surface area contributed by atoms with Crippen molar-refractivity contribution in [3.05, 3.63) is 0 Å². The zero-order valence-corrected chi connectivity index (χ0v) is 6.37. The van der Waals surface area contributed by atoms with Gasteiger partial charge in [0.1, 0.15) is 7.56 Å². The summed E-state index contributed by atoms with van der Waals surface area (Å²) in [5.41, 5.74) is 5.72. The second-order valence-electron chi connectivity index (χ2n) is 2.33. The average molecular weight is 121 g/mol. The SMILES string of the molecule is CN(C)[P+](C)(C)N. The van der Waals surface area contributed by atoms with Crippen LogP contribution in [-0.2, 0) is 0 Å². The average Bonchev–Trinajstić information content (AvgIpc) is 1.31. The Bertz CT molecular complexity index is 55.2. The smallest absolute Gasteiger partial charge is 0.140 e. The number of nitrogens with two attached hydrogens (primary N) is 1. The fraction of sp³-hybridized carbons (Fsp3) is 1.00. The summed E-state index contributed by atoms with van der Waals surface area (Å²) in [5, 5.41) is 0. The van der Waals surface area contributed by atoms with E-state index in [2.05, 4.69) is 18.0 Å². The van der Waals surface area contributed by atoms with Crippen molar-refractivity contribution in [2.24, 2.45) is 5.50 Å². The van der Waals surface area contributed by atoms with E-state index in [0.29, 0.717) is 0 Å². The molecule has 0 aromatic rings. The molecule has 0 fully saturated rings. The molecule has 0 aromatic carbocycles. The maximum absolute atomic E-state index is 5.72. The summed E-state index contributed by atoms with van der Waals surface area (Å²) < 4.78 is 2.08. The molecule has 0 spiro atoms. The third-order valence-electron chi connectivity index (χ3n) is 1.03. The highest BCUT2D eigenvalue weighted by atomic mass is 31.2. The summed E-state index contributed by atoms with van der Waals surface area (Å²) in [6.45, 7) is 4.15. The molecule has 0 rings (SSSR count). The van der Waals surface area contributed by atoms with Gasteiger partial charge in [-0.1, -0.05) is 0 Å². The summed E-state index contributed by atoms with van der Waals surface area (Å²) in [6, 6.07) is 0. The predicted octanol–water partition coefficient (Wildman–Crippen LogP) is 0.614. The summed E-state index contributed by atoms with van der Waals surface area (Å²) >= 11 is 0. The van der Waals surface area contributed by atoms with Crippen molar-refractivity contribution in [2.45, 2.75) is 0 Å². The van der Waals surface area contributed by atoms with E-state index in [4.69, 9.17) is 5.50 Å². The minimum atomic E-state index is -1.15. The van der Waals surface area contributed by atoms with E-state index in [1.54, 1.807) is 0 Å². The summed E-state index contributed by atoms with van der Waals surface area (Å²) in [7, 11) is 2.86. The first kappa shape index (κ1) is 7.35. The van der Waals surface area contributed by atoms with E-state index in [-0.39, 0.29) is 0 Å². The lowest BCUT2D eigenvalue weighted by molar-refractivity contribution is 0.667. The highest BCUT2D eigenvalue weighted by molar-refractivity contribution is 7.69. The van der Waals surface area contributed by atoms with Gasteiger partial charge in [-0.2, -0.15) is 10.2 Å². The Morgan fingerprint density at radius 1 is 1.29 bits per heavy atom. The Hall–Kier alpha value is 0.350. The van der Waals surface area contributed by atoms with Crippen molar-refractivity contribution in [1.82, 2.24) is 4.67 Å². The van der Waals surface area contributed by atoms with Crippen molar-refractivity contribution >= 4 is 7.56 Å². The van der Waals surface area contributed by atoms with Crippen LogP contribution in [0.5, 0.6) is 0 Å². The van der Waals surface area contributed by atoms with Gasteiger partial charge in [0.25, 0.3) is 0 Å². The molecular formula is C4H14N2P+. The monoisotopic (exact) mass is 121 g/mol. The van der Waals surface area contributed by atoms with Gasteiger partial charge in [0, 0.05) is 14.1 Å². The molecule has 0 bridgehead atoms. The zero-order chi connectivity index (χ0) is 6.08. The van der Waals surface area contributed by atoms with Crippen LogP contribution in [0.1, 0.15) is 0 Å². The van der Waals surface area contributed by atoms with Crippen molar-refractivity contribution < 1.29 is 0 Å². The molecule has 0 heterocycles. The Kier molecular flexibility index (Phi) is 2.18. The Labute approximate surface area is 46.1 Å².